The van der Waals surface area contributed by atoms with Crippen LogP contribution in [-0.2, 0) is 27.2 Å². The Labute approximate surface area is 327 Å². The summed E-state index contributed by atoms with van der Waals surface area (Å²) < 4.78 is 55.5. The number of nitrogens with one attached hydrogen (secondary N) is 1. The van der Waals surface area contributed by atoms with Crippen molar-refractivity contribution in [3.63, 3.8) is 0 Å². The van der Waals surface area contributed by atoms with Gasteiger partial charge < -0.3 is 10.1 Å². The molecule has 0 radical (unpaired) electrons. The standard InChI is InChI=1S/C42H39FN6O5S2/c1-27-44-22-30(23-45-27)29-16-19-36-38(21-29)47(24-28-14-17-31(54-2)18-15-28)42(51)48(36)26-56(52,53)49-20-7-3-4-12-37(49)41(50)46-35-11-8-10-33(40(35)43)34-25-55-39-13-6-5-9-32(34)39/h5-6,8-11,13-19,21-23,25,37H,3-4,7,12,20,24,26H2,1-2H3,(H,46,50)/t37-/m0/s1. The molecule has 4 aromatic carbocycles. The van der Waals surface area contributed by atoms with Crippen molar-refractivity contribution in [1.29, 1.82) is 0 Å². The molecule has 1 fully saturated rings. The molecule has 1 aliphatic heterocycles. The van der Waals surface area contributed by atoms with Gasteiger partial charge in [0.15, 0.2) is 5.82 Å². The molecule has 8 rings (SSSR count). The monoisotopic (exact) mass is 790 g/mol. The lowest BCUT2D eigenvalue weighted by atomic mass is 10.0. The number of hydrogen-bond donors (Lipinski definition) is 1. The lowest BCUT2D eigenvalue weighted by Gasteiger charge is -2.28. The molecule has 0 spiro atoms. The number of carbonyl (C=O) groups is 1. The molecule has 1 atom stereocenters. The van der Waals surface area contributed by atoms with E-state index in [0.717, 1.165) is 33.2 Å². The number of nitrogens with zero attached hydrogens (tertiary/aromatic N) is 5. The van der Waals surface area contributed by atoms with Crippen LogP contribution in [0.5, 0.6) is 5.75 Å². The summed E-state index contributed by atoms with van der Waals surface area (Å²) in [5, 5.41) is 5.52. The number of rotatable bonds is 10. The molecule has 0 aliphatic carbocycles. The van der Waals surface area contributed by atoms with E-state index < -0.39 is 39.4 Å². The van der Waals surface area contributed by atoms with Gasteiger partial charge >= 0.3 is 5.69 Å². The van der Waals surface area contributed by atoms with Crippen LogP contribution in [0.1, 0.15) is 37.1 Å². The summed E-state index contributed by atoms with van der Waals surface area (Å²) in [6.07, 6.45) is 5.52. The number of aromatic nitrogens is 4. The van der Waals surface area contributed by atoms with E-state index in [2.05, 4.69) is 15.3 Å². The maximum absolute atomic E-state index is 16.1. The number of aryl methyl sites for hydroxylation is 1. The Morgan fingerprint density at radius 3 is 2.48 bits per heavy atom. The SMILES string of the molecule is COc1ccc(Cn2c(=O)n(CS(=O)(=O)N3CCCCC[C@H]3C(=O)Nc3cccc(-c4csc5ccccc45)c3F)c3ccc(-c4cnc(C)nc4)cc32)cc1. The fourth-order valence-corrected chi connectivity index (χ4v) is 10.1. The van der Waals surface area contributed by atoms with Crippen molar-refractivity contribution in [3.05, 3.63) is 130 Å². The van der Waals surface area contributed by atoms with E-state index in [9.17, 15) is 18.0 Å². The van der Waals surface area contributed by atoms with Crippen molar-refractivity contribution < 1.29 is 22.3 Å². The highest BCUT2D eigenvalue weighted by molar-refractivity contribution is 7.88. The van der Waals surface area contributed by atoms with Crippen LogP contribution in [0.4, 0.5) is 10.1 Å². The Hall–Kier alpha value is -5.70. The van der Waals surface area contributed by atoms with Crippen LogP contribution in [0.25, 0.3) is 43.4 Å². The van der Waals surface area contributed by atoms with E-state index in [0.29, 0.717) is 46.6 Å². The van der Waals surface area contributed by atoms with Gasteiger partial charge in [0, 0.05) is 45.7 Å². The number of sulfonamides is 1. The molecule has 56 heavy (non-hydrogen) atoms. The van der Waals surface area contributed by atoms with Gasteiger partial charge in [-0.15, -0.1) is 11.3 Å². The van der Waals surface area contributed by atoms with Gasteiger partial charge in [0.25, 0.3) is 0 Å². The third-order valence-corrected chi connectivity index (χ3v) is 13.0. The van der Waals surface area contributed by atoms with Gasteiger partial charge in [0.1, 0.15) is 23.5 Å². The highest BCUT2D eigenvalue weighted by Crippen LogP contribution is 2.37. The number of fused-ring (bicyclic) bond motifs is 2. The molecule has 1 aliphatic rings. The predicted molar refractivity (Wildman–Crippen MR) is 218 cm³/mol. The number of hydrogen-bond acceptors (Lipinski definition) is 8. The van der Waals surface area contributed by atoms with E-state index >= 15 is 4.39 Å². The summed E-state index contributed by atoms with van der Waals surface area (Å²) >= 11 is 1.51. The van der Waals surface area contributed by atoms with Crippen molar-refractivity contribution in [2.24, 2.45) is 0 Å². The highest BCUT2D eigenvalue weighted by Gasteiger charge is 2.37. The van der Waals surface area contributed by atoms with Crippen LogP contribution in [0.15, 0.2) is 107 Å². The fraction of sp³-hybridized carbons (Fsp3) is 0.238. The number of ether oxygens (including phenoxy) is 1. The van der Waals surface area contributed by atoms with Crippen molar-refractivity contribution in [3.8, 4) is 28.0 Å². The Morgan fingerprint density at radius 2 is 1.70 bits per heavy atom. The Bertz CT molecular complexity index is 2740. The van der Waals surface area contributed by atoms with Crippen molar-refractivity contribution in [2.75, 3.05) is 19.0 Å². The first-order chi connectivity index (χ1) is 27.1. The number of benzene rings is 4. The molecular formula is C42H39FN6O5S2. The second kappa shape index (κ2) is 15.4. The number of amides is 1. The molecule has 7 aromatic rings. The molecule has 286 valence electrons. The van der Waals surface area contributed by atoms with Crippen molar-refractivity contribution in [2.45, 2.75) is 51.1 Å². The summed E-state index contributed by atoms with van der Waals surface area (Å²) in [5.74, 6) is -0.627. The normalized spacial score (nSPS) is 15.2. The largest absolute Gasteiger partial charge is 0.497 e. The third-order valence-electron chi connectivity index (χ3n) is 10.3. The van der Waals surface area contributed by atoms with E-state index in [1.165, 1.54) is 26.3 Å². The Kier molecular flexibility index (Phi) is 10.3. The van der Waals surface area contributed by atoms with Crippen LogP contribution in [-0.4, -0.2) is 57.4 Å². The first-order valence-electron chi connectivity index (χ1n) is 18.3. The zero-order valence-electron chi connectivity index (χ0n) is 30.8. The first kappa shape index (κ1) is 37.2. The minimum atomic E-state index is -4.28. The second-order valence-corrected chi connectivity index (χ2v) is 16.7. The van der Waals surface area contributed by atoms with Crippen LogP contribution in [0, 0.1) is 12.7 Å². The summed E-state index contributed by atoms with van der Waals surface area (Å²) in [7, 11) is -2.71. The summed E-state index contributed by atoms with van der Waals surface area (Å²) in [6.45, 7) is 2.05. The topological polar surface area (TPSA) is 128 Å². The van der Waals surface area contributed by atoms with Crippen LogP contribution in [0.3, 0.4) is 0 Å². The maximum Gasteiger partial charge on any atom is 0.330 e. The van der Waals surface area contributed by atoms with Gasteiger partial charge in [-0.05, 0) is 72.7 Å². The van der Waals surface area contributed by atoms with Gasteiger partial charge in [-0.2, -0.15) is 4.31 Å². The van der Waals surface area contributed by atoms with Crippen molar-refractivity contribution >= 4 is 54.1 Å². The number of methoxy groups -OCH3 is 1. The van der Waals surface area contributed by atoms with Gasteiger partial charge in [0.2, 0.25) is 15.9 Å². The van der Waals surface area contributed by atoms with Gasteiger partial charge in [-0.25, -0.2) is 27.6 Å². The molecule has 1 amide bonds. The number of thiophene rings is 1. The molecule has 3 aromatic heterocycles. The second-order valence-electron chi connectivity index (χ2n) is 13.9. The Morgan fingerprint density at radius 1 is 0.911 bits per heavy atom. The lowest BCUT2D eigenvalue weighted by molar-refractivity contribution is -0.119. The molecule has 1 saturated heterocycles. The molecule has 1 N–H and O–H groups in total. The summed E-state index contributed by atoms with van der Waals surface area (Å²) in [4.78, 5) is 37.0. The molecule has 0 unspecified atom stereocenters. The zero-order valence-corrected chi connectivity index (χ0v) is 32.4. The molecule has 4 heterocycles. The van der Waals surface area contributed by atoms with E-state index in [1.807, 2.05) is 47.8 Å². The number of imidazole rings is 1. The predicted octanol–water partition coefficient (Wildman–Crippen LogP) is 7.82. The quantitative estimate of drug-likeness (QED) is 0.150. The molecule has 11 nitrogen and oxygen atoms in total. The Balaban J connectivity index is 1.12. The van der Waals surface area contributed by atoms with Crippen molar-refractivity contribution in [1.82, 2.24) is 23.4 Å². The maximum atomic E-state index is 16.1. The van der Waals surface area contributed by atoms with Gasteiger partial charge in [-0.3, -0.25) is 13.9 Å². The first-order valence-corrected chi connectivity index (χ1v) is 20.8. The number of anilines is 1. The number of halogens is 1. The highest BCUT2D eigenvalue weighted by atomic mass is 32.2. The van der Waals surface area contributed by atoms with Gasteiger partial charge in [-0.1, -0.05) is 61.4 Å². The van der Waals surface area contributed by atoms with E-state index in [4.69, 9.17) is 4.74 Å². The van der Waals surface area contributed by atoms with Crippen LogP contribution < -0.4 is 15.7 Å². The average Bonchev–Trinajstić information content (AvgIpc) is 3.61. The minimum absolute atomic E-state index is 0.0306. The molecule has 0 bridgehead atoms. The van der Waals surface area contributed by atoms with Gasteiger partial charge in [0.05, 0.1) is 30.4 Å². The average molecular weight is 791 g/mol. The molecular weight excluding hydrogens is 752 g/mol. The fourth-order valence-electron chi connectivity index (χ4n) is 7.38. The summed E-state index contributed by atoms with van der Waals surface area (Å²) in [6, 6.07) is 24.1. The smallest absolute Gasteiger partial charge is 0.330 e. The zero-order chi connectivity index (χ0) is 39.0. The molecule has 0 saturated carbocycles. The van der Waals surface area contributed by atoms with Crippen LogP contribution in [0.2, 0.25) is 0 Å². The van der Waals surface area contributed by atoms with Crippen LogP contribution >= 0.6 is 11.3 Å². The number of carbonyl (C=O) groups excluding carboxylic acids is 1. The molecule has 14 heteroatoms. The summed E-state index contributed by atoms with van der Waals surface area (Å²) in [5.41, 5.74) is 3.76. The van der Waals surface area contributed by atoms with E-state index in [-0.39, 0.29) is 25.2 Å². The lowest BCUT2D eigenvalue weighted by Crippen LogP contribution is -2.48. The minimum Gasteiger partial charge on any atom is -0.497 e. The van der Waals surface area contributed by atoms with E-state index in [1.54, 1.807) is 67.4 Å². The third kappa shape index (κ3) is 7.22.